The Balaban J connectivity index is 1.73. The highest BCUT2D eigenvalue weighted by atomic mass is 32.1. The number of aryl methyl sites for hydroxylation is 3. The number of thiophene rings is 1. The number of nitrogens with two attached hydrogens (primary N) is 1. The molecular weight excluding hydrogens is 328 g/mol. The highest BCUT2D eigenvalue weighted by Gasteiger charge is 2.17. The van der Waals surface area contributed by atoms with Crippen LogP contribution < -0.4 is 11.2 Å². The highest BCUT2D eigenvalue weighted by Crippen LogP contribution is 2.29. The molecule has 0 saturated heterocycles. The van der Waals surface area contributed by atoms with E-state index in [4.69, 9.17) is 5.73 Å². The number of carbonyl (C=O) groups excluding carboxylic acids is 1. The monoisotopic (exact) mass is 348 g/mol. The van der Waals surface area contributed by atoms with E-state index in [-0.39, 0.29) is 5.91 Å². The molecule has 0 radical (unpaired) electrons. The molecule has 0 fully saturated rings. The summed E-state index contributed by atoms with van der Waals surface area (Å²) in [5.74, 6) is -0.151. The zero-order valence-electron chi connectivity index (χ0n) is 13.3. The Hall–Kier alpha value is -1.73. The largest absolute Gasteiger partial charge is 0.389 e. The zero-order chi connectivity index (χ0) is 16.4. The lowest BCUT2D eigenvalue weighted by Crippen LogP contribution is -2.18. The lowest BCUT2D eigenvalue weighted by Gasteiger charge is -2.02. The van der Waals surface area contributed by atoms with Crippen LogP contribution in [-0.2, 0) is 12.8 Å². The van der Waals surface area contributed by atoms with Crippen molar-refractivity contribution in [2.24, 2.45) is 5.10 Å². The van der Waals surface area contributed by atoms with E-state index in [1.807, 2.05) is 19.9 Å². The quantitative estimate of drug-likeness (QED) is 0.506. The number of fused-ring (bicyclic) bond motifs is 1. The van der Waals surface area contributed by atoms with Crippen molar-refractivity contribution in [3.05, 3.63) is 32.6 Å². The second-order valence-corrected chi connectivity index (χ2v) is 7.71. The molecule has 0 aliphatic heterocycles. The van der Waals surface area contributed by atoms with Gasteiger partial charge in [0.25, 0.3) is 5.91 Å². The van der Waals surface area contributed by atoms with Crippen molar-refractivity contribution in [3.63, 3.8) is 0 Å². The van der Waals surface area contributed by atoms with Gasteiger partial charge in [-0.15, -0.1) is 11.3 Å². The van der Waals surface area contributed by atoms with Crippen LogP contribution in [0.25, 0.3) is 0 Å². The summed E-state index contributed by atoms with van der Waals surface area (Å²) in [5.41, 5.74) is 12.2. The van der Waals surface area contributed by atoms with Gasteiger partial charge in [-0.05, 0) is 62.7 Å². The molecule has 2 aromatic rings. The van der Waals surface area contributed by atoms with Crippen LogP contribution in [0.1, 0.15) is 57.6 Å². The molecule has 7 heteroatoms. The van der Waals surface area contributed by atoms with Gasteiger partial charge in [0, 0.05) is 4.88 Å². The molecule has 1 aliphatic carbocycles. The van der Waals surface area contributed by atoms with Gasteiger partial charge in [0.15, 0.2) is 0 Å². The molecule has 0 bridgehead atoms. The first kappa shape index (κ1) is 16.1. The van der Waals surface area contributed by atoms with Gasteiger partial charge in [-0.1, -0.05) is 6.42 Å². The minimum Gasteiger partial charge on any atom is -0.389 e. The van der Waals surface area contributed by atoms with Crippen molar-refractivity contribution in [2.45, 2.75) is 46.0 Å². The molecule has 5 nitrogen and oxygen atoms in total. The van der Waals surface area contributed by atoms with Crippen molar-refractivity contribution in [1.29, 1.82) is 0 Å². The lowest BCUT2D eigenvalue weighted by atomic mass is 10.1. The summed E-state index contributed by atoms with van der Waals surface area (Å²) in [6.07, 6.45) is 5.88. The minimum atomic E-state index is -0.151. The predicted octanol–water partition coefficient (Wildman–Crippen LogP) is 3.52. The Morgan fingerprint density at radius 1 is 1.35 bits per heavy atom. The predicted molar refractivity (Wildman–Crippen MR) is 96.5 cm³/mol. The van der Waals surface area contributed by atoms with Gasteiger partial charge >= 0.3 is 0 Å². The molecule has 0 atom stereocenters. The molecule has 2 aromatic heterocycles. The van der Waals surface area contributed by atoms with Gasteiger partial charge in [0.2, 0.25) is 0 Å². The van der Waals surface area contributed by atoms with Crippen LogP contribution in [0.5, 0.6) is 0 Å². The van der Waals surface area contributed by atoms with Crippen LogP contribution in [-0.4, -0.2) is 16.0 Å². The maximum Gasteiger partial charge on any atom is 0.281 e. The second-order valence-electron chi connectivity index (χ2n) is 5.77. The van der Waals surface area contributed by atoms with Crippen molar-refractivity contribution in [3.8, 4) is 0 Å². The molecule has 0 unspecified atom stereocenters. The number of nitrogens with one attached hydrogen (secondary N) is 1. The lowest BCUT2D eigenvalue weighted by molar-refractivity contribution is 0.0959. The van der Waals surface area contributed by atoms with Crippen molar-refractivity contribution >= 4 is 39.5 Å². The fourth-order valence-electron chi connectivity index (χ4n) is 2.85. The molecule has 3 N–H and O–H groups in total. The fraction of sp³-hybridized carbons (Fsp3) is 0.438. The summed E-state index contributed by atoms with van der Waals surface area (Å²) in [7, 11) is 0. The average molecular weight is 348 g/mol. The van der Waals surface area contributed by atoms with Gasteiger partial charge in [-0.25, -0.2) is 5.43 Å². The smallest absolute Gasteiger partial charge is 0.281 e. The average Bonchev–Trinajstić information content (AvgIpc) is 3.01. The molecule has 0 aromatic carbocycles. The van der Waals surface area contributed by atoms with Gasteiger partial charge in [-0.2, -0.15) is 9.47 Å². The number of hydrazone groups is 1. The number of hydrogen-bond donors (Lipinski definition) is 2. The number of anilines is 1. The van der Waals surface area contributed by atoms with Gasteiger partial charge in [0.05, 0.1) is 21.8 Å². The first-order valence-electron chi connectivity index (χ1n) is 7.74. The Labute approximate surface area is 143 Å². The highest BCUT2D eigenvalue weighted by molar-refractivity contribution is 7.14. The Kier molecular flexibility index (Phi) is 4.77. The van der Waals surface area contributed by atoms with E-state index in [1.54, 1.807) is 11.3 Å². The topological polar surface area (TPSA) is 80.4 Å². The summed E-state index contributed by atoms with van der Waals surface area (Å²) in [5, 5.41) is 4.83. The van der Waals surface area contributed by atoms with Crippen LogP contribution in [0.4, 0.5) is 5.00 Å². The number of nitrogens with zero attached hydrogens (tertiary/aromatic N) is 2. The maximum atomic E-state index is 12.3. The van der Waals surface area contributed by atoms with Crippen LogP contribution in [0.2, 0.25) is 0 Å². The Bertz CT molecular complexity index is 717. The summed E-state index contributed by atoms with van der Waals surface area (Å²) < 4.78 is 4.20. The van der Waals surface area contributed by atoms with Gasteiger partial charge < -0.3 is 5.73 Å². The number of rotatable bonds is 3. The summed E-state index contributed by atoms with van der Waals surface area (Å²) in [4.78, 5) is 14.4. The van der Waals surface area contributed by atoms with E-state index >= 15 is 0 Å². The third-order valence-electron chi connectivity index (χ3n) is 4.05. The standard InChI is InChI=1S/C16H20N4OS2/c1-9(14-10(2)20-23-15(14)17)18-19-16(21)13-8-11-6-4-3-5-7-12(11)22-13/h8H,3-7,17H2,1-2H3,(H,19,21)/b18-9-. The van der Waals surface area contributed by atoms with E-state index in [1.165, 1.54) is 41.2 Å². The van der Waals surface area contributed by atoms with Gasteiger partial charge in [0.1, 0.15) is 5.00 Å². The maximum absolute atomic E-state index is 12.3. The summed E-state index contributed by atoms with van der Waals surface area (Å²) in [6, 6.07) is 2.03. The normalized spacial score (nSPS) is 15.1. The molecular formula is C16H20N4OS2. The van der Waals surface area contributed by atoms with E-state index in [9.17, 15) is 4.79 Å². The number of nitrogen functional groups attached to an aromatic ring is 1. The van der Waals surface area contributed by atoms with E-state index < -0.39 is 0 Å². The molecule has 1 aliphatic rings. The van der Waals surface area contributed by atoms with E-state index in [0.29, 0.717) is 10.7 Å². The SMILES string of the molecule is C/C(=N/NC(=O)c1cc2c(s1)CCCCC2)c1c(C)nsc1N. The van der Waals surface area contributed by atoms with E-state index in [2.05, 4.69) is 14.9 Å². The Morgan fingerprint density at radius 3 is 2.87 bits per heavy atom. The molecule has 3 rings (SSSR count). The van der Waals surface area contributed by atoms with Crippen LogP contribution in [0.15, 0.2) is 11.2 Å². The van der Waals surface area contributed by atoms with Gasteiger partial charge in [-0.3, -0.25) is 4.79 Å². The Morgan fingerprint density at radius 2 is 2.13 bits per heavy atom. The van der Waals surface area contributed by atoms with Crippen LogP contribution in [0.3, 0.4) is 0 Å². The van der Waals surface area contributed by atoms with Crippen molar-refractivity contribution in [2.75, 3.05) is 5.73 Å². The first-order chi connectivity index (χ1) is 11.1. The number of carbonyl (C=O) groups is 1. The zero-order valence-corrected chi connectivity index (χ0v) is 14.9. The minimum absolute atomic E-state index is 0.151. The second kappa shape index (κ2) is 6.80. The molecule has 2 heterocycles. The van der Waals surface area contributed by atoms with Crippen LogP contribution >= 0.6 is 22.9 Å². The fourth-order valence-corrected chi connectivity index (χ4v) is 4.71. The third kappa shape index (κ3) is 3.45. The number of aromatic nitrogens is 1. The van der Waals surface area contributed by atoms with E-state index in [0.717, 1.165) is 29.0 Å². The van der Waals surface area contributed by atoms with Crippen molar-refractivity contribution in [1.82, 2.24) is 9.80 Å². The molecule has 23 heavy (non-hydrogen) atoms. The third-order valence-corrected chi connectivity index (χ3v) is 6.05. The molecule has 122 valence electrons. The molecule has 0 saturated carbocycles. The molecule has 1 amide bonds. The van der Waals surface area contributed by atoms with Crippen molar-refractivity contribution < 1.29 is 4.79 Å². The summed E-state index contributed by atoms with van der Waals surface area (Å²) in [6.45, 7) is 3.72. The molecule has 0 spiro atoms. The first-order valence-corrected chi connectivity index (χ1v) is 9.33. The number of amides is 1. The number of hydrogen-bond acceptors (Lipinski definition) is 6. The summed E-state index contributed by atoms with van der Waals surface area (Å²) >= 11 is 2.84. The van der Waals surface area contributed by atoms with Crippen LogP contribution in [0, 0.1) is 6.92 Å².